The summed E-state index contributed by atoms with van der Waals surface area (Å²) in [7, 11) is -2.62. The second kappa shape index (κ2) is 8.73. The highest BCUT2D eigenvalue weighted by Crippen LogP contribution is 2.30. The Morgan fingerprint density at radius 3 is 2.52 bits per heavy atom. The number of hydrogen-bond donors (Lipinski definition) is 1. The van der Waals surface area contributed by atoms with Gasteiger partial charge in [-0.05, 0) is 30.3 Å². The van der Waals surface area contributed by atoms with Gasteiger partial charge in [0, 0.05) is 23.5 Å². The average molecular weight is 455 g/mol. The predicted molar refractivity (Wildman–Crippen MR) is 109 cm³/mol. The zero-order valence-corrected chi connectivity index (χ0v) is 17.1. The molecule has 0 amide bonds. The molecule has 2 heterocycles. The number of aromatic nitrogens is 3. The minimum atomic E-state index is -4.02. The molecule has 1 N–H and O–H groups in total. The van der Waals surface area contributed by atoms with Crippen molar-refractivity contribution in [1.82, 2.24) is 15.0 Å². The van der Waals surface area contributed by atoms with E-state index in [2.05, 4.69) is 19.7 Å². The van der Waals surface area contributed by atoms with E-state index in [9.17, 15) is 12.8 Å². The summed E-state index contributed by atoms with van der Waals surface area (Å²) in [6, 6.07) is 7.35. The molecule has 0 spiro atoms. The highest BCUT2D eigenvalue weighted by molar-refractivity contribution is 7.92. The van der Waals surface area contributed by atoms with Gasteiger partial charge in [-0.1, -0.05) is 35.3 Å². The van der Waals surface area contributed by atoms with E-state index in [0.717, 1.165) is 0 Å². The van der Waals surface area contributed by atoms with Gasteiger partial charge in [-0.15, -0.1) is 0 Å². The van der Waals surface area contributed by atoms with Crippen molar-refractivity contribution < 1.29 is 17.5 Å². The van der Waals surface area contributed by atoms with Crippen molar-refractivity contribution in [3.8, 4) is 5.88 Å². The molecule has 11 heteroatoms. The van der Waals surface area contributed by atoms with Crippen LogP contribution in [0.4, 0.5) is 10.2 Å². The molecule has 0 unspecified atom stereocenters. The third-order valence-electron chi connectivity index (χ3n) is 3.62. The van der Waals surface area contributed by atoms with Crippen LogP contribution in [0.3, 0.4) is 0 Å². The van der Waals surface area contributed by atoms with E-state index in [1.165, 1.54) is 43.8 Å². The number of sulfonamides is 1. The number of nitrogens with zero attached hydrogens (tertiary/aromatic N) is 3. The monoisotopic (exact) mass is 454 g/mol. The number of hydrogen-bond acceptors (Lipinski definition) is 6. The number of pyridine rings is 1. The van der Waals surface area contributed by atoms with E-state index in [1.54, 1.807) is 18.2 Å². The molecule has 29 heavy (non-hydrogen) atoms. The molecule has 0 saturated carbocycles. The zero-order valence-electron chi connectivity index (χ0n) is 14.8. The van der Waals surface area contributed by atoms with Gasteiger partial charge in [0.25, 0.3) is 10.0 Å². The van der Waals surface area contributed by atoms with Crippen molar-refractivity contribution in [3.63, 3.8) is 0 Å². The number of ether oxygens (including phenoxy) is 1. The molecule has 0 atom stereocenters. The second-order valence-corrected chi connectivity index (χ2v) is 8.01. The fraction of sp³-hybridized carbons (Fsp3) is 0.0556. The molecule has 3 rings (SSSR count). The fourth-order valence-electron chi connectivity index (χ4n) is 2.28. The Morgan fingerprint density at radius 1 is 1.10 bits per heavy atom. The first-order valence-corrected chi connectivity index (χ1v) is 10.2. The lowest BCUT2D eigenvalue weighted by Crippen LogP contribution is -2.14. The van der Waals surface area contributed by atoms with Crippen LogP contribution in [-0.2, 0) is 10.0 Å². The number of benzene rings is 1. The van der Waals surface area contributed by atoms with Gasteiger partial charge in [0.05, 0.1) is 17.2 Å². The second-order valence-electron chi connectivity index (χ2n) is 5.57. The minimum Gasteiger partial charge on any atom is -0.481 e. The van der Waals surface area contributed by atoms with Gasteiger partial charge >= 0.3 is 6.08 Å². The molecule has 2 aromatic heterocycles. The summed E-state index contributed by atoms with van der Waals surface area (Å²) in [4.78, 5) is 10.9. The van der Waals surface area contributed by atoms with Gasteiger partial charge in [0.1, 0.15) is 10.7 Å². The molecular weight excluding hydrogens is 442 g/mol. The Labute approximate surface area is 176 Å². The van der Waals surface area contributed by atoms with E-state index in [0.29, 0.717) is 11.1 Å². The maximum atomic E-state index is 12.8. The first-order valence-electron chi connectivity index (χ1n) is 7.97. The lowest BCUT2D eigenvalue weighted by Gasteiger charge is -2.11. The van der Waals surface area contributed by atoms with Crippen LogP contribution in [0.2, 0.25) is 10.0 Å². The van der Waals surface area contributed by atoms with E-state index in [1.807, 2.05) is 0 Å². The molecule has 0 radical (unpaired) electrons. The van der Waals surface area contributed by atoms with E-state index in [-0.39, 0.29) is 26.6 Å². The molecule has 0 fully saturated rings. The van der Waals surface area contributed by atoms with E-state index < -0.39 is 16.1 Å². The van der Waals surface area contributed by atoms with Crippen LogP contribution in [0.1, 0.15) is 11.1 Å². The smallest absolute Gasteiger partial charge is 0.308 e. The Kier molecular flexibility index (Phi) is 6.31. The van der Waals surface area contributed by atoms with Crippen LogP contribution in [0.5, 0.6) is 5.88 Å². The third-order valence-corrected chi connectivity index (χ3v) is 5.95. The van der Waals surface area contributed by atoms with Crippen LogP contribution < -0.4 is 9.46 Å². The summed E-state index contributed by atoms with van der Waals surface area (Å²) in [6.45, 7) is 0. The number of halogens is 3. The molecule has 0 aliphatic rings. The SMILES string of the molecule is COc1nc(NS(=O)(=O)c2cccc(Cl)c2Cl)ccc1C=Cc1cnc(F)nc1. The topological polar surface area (TPSA) is 94.1 Å². The van der Waals surface area contributed by atoms with Gasteiger partial charge in [-0.3, -0.25) is 4.72 Å². The van der Waals surface area contributed by atoms with Crippen LogP contribution in [0, 0.1) is 6.08 Å². The first kappa shape index (κ1) is 21.0. The molecule has 0 aliphatic heterocycles. The number of rotatable bonds is 6. The maximum absolute atomic E-state index is 12.8. The van der Waals surface area contributed by atoms with Gasteiger partial charge < -0.3 is 4.74 Å². The Hall–Kier alpha value is -2.75. The summed E-state index contributed by atoms with van der Waals surface area (Å²) >= 11 is 11.9. The van der Waals surface area contributed by atoms with Crippen LogP contribution in [0.25, 0.3) is 12.2 Å². The Bertz CT molecular complexity index is 1170. The Balaban J connectivity index is 1.86. The number of methoxy groups -OCH3 is 1. The highest BCUT2D eigenvalue weighted by Gasteiger charge is 2.20. The number of nitrogens with one attached hydrogen (secondary N) is 1. The molecule has 0 saturated heterocycles. The third kappa shape index (κ3) is 5.00. The fourth-order valence-corrected chi connectivity index (χ4v) is 4.04. The summed E-state index contributed by atoms with van der Waals surface area (Å²) in [5.74, 6) is 0.196. The summed E-state index contributed by atoms with van der Waals surface area (Å²) in [5.41, 5.74) is 1.12. The van der Waals surface area contributed by atoms with Crippen molar-refractivity contribution >= 4 is 51.2 Å². The van der Waals surface area contributed by atoms with Crippen molar-refractivity contribution in [2.45, 2.75) is 4.90 Å². The zero-order chi connectivity index (χ0) is 21.0. The summed E-state index contributed by atoms with van der Waals surface area (Å²) < 4.78 is 45.5. The lowest BCUT2D eigenvalue weighted by atomic mass is 10.2. The van der Waals surface area contributed by atoms with Crippen LogP contribution in [-0.4, -0.2) is 30.5 Å². The van der Waals surface area contributed by atoms with Gasteiger partial charge in [0.2, 0.25) is 5.88 Å². The molecule has 7 nitrogen and oxygen atoms in total. The highest BCUT2D eigenvalue weighted by atomic mass is 35.5. The van der Waals surface area contributed by atoms with Gasteiger partial charge in [0.15, 0.2) is 0 Å². The molecule has 0 aliphatic carbocycles. The van der Waals surface area contributed by atoms with Gasteiger partial charge in [-0.25, -0.2) is 18.4 Å². The van der Waals surface area contributed by atoms with Crippen molar-refractivity contribution in [1.29, 1.82) is 0 Å². The lowest BCUT2D eigenvalue weighted by molar-refractivity contribution is 0.397. The van der Waals surface area contributed by atoms with Crippen molar-refractivity contribution in [3.05, 3.63) is 70.0 Å². The predicted octanol–water partition coefficient (Wildman–Crippen LogP) is 4.30. The minimum absolute atomic E-state index is 0.0279. The quantitative estimate of drug-likeness (QED) is 0.558. The molecular formula is C18H13Cl2FN4O3S. The molecule has 150 valence electrons. The van der Waals surface area contributed by atoms with Gasteiger partial charge in [-0.2, -0.15) is 9.37 Å². The molecule has 3 aromatic rings. The molecule has 0 bridgehead atoms. The molecule has 1 aromatic carbocycles. The Morgan fingerprint density at radius 2 is 1.83 bits per heavy atom. The summed E-state index contributed by atoms with van der Waals surface area (Å²) in [6.07, 6.45) is 5.09. The van der Waals surface area contributed by atoms with E-state index >= 15 is 0 Å². The standard InChI is InChI=1S/C18H13Cl2FN4O3S/c1-28-17-12(6-5-11-9-22-18(21)23-10-11)7-8-15(24-17)25-29(26,27)14-4-2-3-13(19)16(14)20/h2-10H,1H3,(H,24,25). The van der Waals surface area contributed by atoms with Crippen LogP contribution in [0.15, 0.2) is 47.6 Å². The average Bonchev–Trinajstić information content (AvgIpc) is 2.69. The first-order chi connectivity index (χ1) is 13.8. The number of anilines is 1. The van der Waals surface area contributed by atoms with E-state index in [4.69, 9.17) is 27.9 Å². The van der Waals surface area contributed by atoms with Crippen LogP contribution >= 0.6 is 23.2 Å². The van der Waals surface area contributed by atoms with Crippen molar-refractivity contribution in [2.24, 2.45) is 0 Å². The maximum Gasteiger partial charge on any atom is 0.308 e. The van der Waals surface area contributed by atoms with Crippen molar-refractivity contribution in [2.75, 3.05) is 11.8 Å². The largest absolute Gasteiger partial charge is 0.481 e. The summed E-state index contributed by atoms with van der Waals surface area (Å²) in [5, 5.41) is 0.0278. The normalized spacial score (nSPS) is 11.6.